The molecule has 0 saturated heterocycles. The summed E-state index contributed by atoms with van der Waals surface area (Å²) in [6.07, 6.45) is 0. The largest absolute Gasteiger partial charge is 0.488 e. The van der Waals surface area contributed by atoms with E-state index in [1.165, 1.54) is 24.3 Å². The first-order chi connectivity index (χ1) is 9.82. The summed E-state index contributed by atoms with van der Waals surface area (Å²) < 4.78 is 64.6. The van der Waals surface area contributed by atoms with Gasteiger partial charge in [-0.3, -0.25) is 4.55 Å². The maximum atomic E-state index is 12.9. The second-order valence-electron chi connectivity index (χ2n) is 5.43. The number of benzene rings is 1. The predicted octanol–water partition coefficient (Wildman–Crippen LogP) is 2.50. The van der Waals surface area contributed by atoms with Gasteiger partial charge in [0.25, 0.3) is 0 Å². The maximum absolute atomic E-state index is 12.9. The molecule has 0 aliphatic rings. The normalized spacial score (nSPS) is 12.8. The van der Waals surface area contributed by atoms with Crippen molar-refractivity contribution in [3.8, 4) is 5.75 Å². The Kier molecular flexibility index (Phi) is 5.14. The highest BCUT2D eigenvalue weighted by atomic mass is 32.2. The summed E-state index contributed by atoms with van der Waals surface area (Å²) in [5, 5.41) is -4.56. The van der Waals surface area contributed by atoms with Gasteiger partial charge in [0.15, 0.2) is 6.61 Å². The van der Waals surface area contributed by atoms with Crippen molar-refractivity contribution < 1.29 is 36.0 Å². The Bertz CT molecular complexity index is 631. The highest BCUT2D eigenvalue weighted by Gasteiger charge is 2.45. The summed E-state index contributed by atoms with van der Waals surface area (Å²) in [6, 6.07) is 5.47. The topological polar surface area (TPSA) is 89.9 Å². The minimum Gasteiger partial charge on any atom is -0.488 e. The number of esters is 1. The van der Waals surface area contributed by atoms with Crippen molar-refractivity contribution in [2.45, 2.75) is 31.6 Å². The van der Waals surface area contributed by atoms with Crippen molar-refractivity contribution in [1.82, 2.24) is 0 Å². The van der Waals surface area contributed by atoms with E-state index in [0.717, 1.165) is 0 Å². The van der Waals surface area contributed by atoms with Crippen LogP contribution in [0, 0.1) is 0 Å². The second-order valence-corrected chi connectivity index (χ2v) is 6.97. The van der Waals surface area contributed by atoms with Crippen LogP contribution in [0.3, 0.4) is 0 Å². The Labute approximate surface area is 126 Å². The molecule has 0 amide bonds. The van der Waals surface area contributed by atoms with E-state index in [-0.39, 0.29) is 5.56 Å². The zero-order valence-corrected chi connectivity index (χ0v) is 13.0. The van der Waals surface area contributed by atoms with Crippen molar-refractivity contribution in [1.29, 1.82) is 0 Å². The number of carbonyl (C=O) groups is 1. The zero-order valence-electron chi connectivity index (χ0n) is 12.2. The van der Waals surface area contributed by atoms with Gasteiger partial charge in [0.05, 0.1) is 5.56 Å². The van der Waals surface area contributed by atoms with Crippen LogP contribution >= 0.6 is 0 Å². The standard InChI is InChI=1S/C13H16F2O6S/c1-12(2,3)21-10-6-4-9(5-7-10)11(16)20-8-13(14,15)22(17,18)19/h4-7H,8H2,1-3H3,(H,17,18,19). The number of alkyl halides is 2. The summed E-state index contributed by atoms with van der Waals surface area (Å²) >= 11 is 0. The Balaban J connectivity index is 2.71. The summed E-state index contributed by atoms with van der Waals surface area (Å²) in [4.78, 5) is 11.5. The lowest BCUT2D eigenvalue weighted by Gasteiger charge is -2.21. The first-order valence-electron chi connectivity index (χ1n) is 6.13. The number of halogens is 2. The molecule has 22 heavy (non-hydrogen) atoms. The van der Waals surface area contributed by atoms with Crippen LogP contribution in [-0.2, 0) is 14.9 Å². The predicted molar refractivity (Wildman–Crippen MR) is 73.6 cm³/mol. The smallest absolute Gasteiger partial charge is 0.402 e. The van der Waals surface area contributed by atoms with Crippen molar-refractivity contribution >= 4 is 16.1 Å². The van der Waals surface area contributed by atoms with E-state index >= 15 is 0 Å². The third kappa shape index (κ3) is 5.23. The lowest BCUT2D eigenvalue weighted by molar-refractivity contribution is -0.00950. The van der Waals surface area contributed by atoms with Gasteiger partial charge in [-0.25, -0.2) is 4.79 Å². The van der Waals surface area contributed by atoms with E-state index in [1.54, 1.807) is 0 Å². The molecule has 0 heterocycles. The lowest BCUT2D eigenvalue weighted by Crippen LogP contribution is -2.34. The number of rotatable bonds is 5. The van der Waals surface area contributed by atoms with Crippen LogP contribution in [0.5, 0.6) is 5.75 Å². The zero-order chi connectivity index (χ0) is 17.2. The molecule has 0 unspecified atom stereocenters. The third-order valence-electron chi connectivity index (χ3n) is 2.26. The minimum absolute atomic E-state index is 0.0626. The molecule has 1 rings (SSSR count). The first kappa shape index (κ1) is 18.3. The number of carbonyl (C=O) groups excluding carboxylic acids is 1. The van der Waals surface area contributed by atoms with Gasteiger partial charge < -0.3 is 9.47 Å². The minimum atomic E-state index is -5.64. The molecule has 6 nitrogen and oxygen atoms in total. The van der Waals surface area contributed by atoms with Gasteiger partial charge in [-0.1, -0.05) is 0 Å². The summed E-state index contributed by atoms with van der Waals surface area (Å²) in [5.74, 6) is -0.682. The molecule has 9 heteroatoms. The van der Waals surface area contributed by atoms with Gasteiger partial charge in [0.2, 0.25) is 0 Å². The lowest BCUT2D eigenvalue weighted by atomic mass is 10.1. The Morgan fingerprint density at radius 1 is 1.18 bits per heavy atom. The van der Waals surface area contributed by atoms with Gasteiger partial charge in [0, 0.05) is 0 Å². The van der Waals surface area contributed by atoms with Gasteiger partial charge in [-0.15, -0.1) is 0 Å². The molecule has 0 spiro atoms. The van der Waals surface area contributed by atoms with Gasteiger partial charge >= 0.3 is 21.3 Å². The van der Waals surface area contributed by atoms with Crippen LogP contribution < -0.4 is 4.74 Å². The summed E-state index contributed by atoms with van der Waals surface area (Å²) in [5.41, 5.74) is -0.507. The molecular formula is C13H16F2O6S. The quantitative estimate of drug-likeness (QED) is 0.655. The molecular weight excluding hydrogens is 322 g/mol. The monoisotopic (exact) mass is 338 g/mol. The van der Waals surface area contributed by atoms with Gasteiger partial charge in [-0.05, 0) is 45.0 Å². The molecule has 0 fully saturated rings. The Morgan fingerprint density at radius 2 is 1.68 bits per heavy atom. The molecule has 1 aromatic carbocycles. The van der Waals surface area contributed by atoms with Gasteiger partial charge in [0.1, 0.15) is 11.4 Å². The van der Waals surface area contributed by atoms with E-state index in [4.69, 9.17) is 9.29 Å². The average Bonchev–Trinajstić information content (AvgIpc) is 2.33. The first-order valence-corrected chi connectivity index (χ1v) is 7.57. The molecule has 0 aliphatic heterocycles. The van der Waals surface area contributed by atoms with E-state index in [1.807, 2.05) is 20.8 Å². The fourth-order valence-corrected chi connectivity index (χ4v) is 1.53. The highest BCUT2D eigenvalue weighted by Crippen LogP contribution is 2.22. The van der Waals surface area contributed by atoms with Crippen molar-refractivity contribution in [3.05, 3.63) is 29.8 Å². The summed E-state index contributed by atoms with van der Waals surface area (Å²) in [7, 11) is -5.64. The van der Waals surface area contributed by atoms with Crippen LogP contribution in [0.4, 0.5) is 8.78 Å². The fourth-order valence-electron chi connectivity index (χ4n) is 1.32. The molecule has 0 atom stereocenters. The van der Waals surface area contributed by atoms with E-state index < -0.39 is 33.5 Å². The molecule has 124 valence electrons. The molecule has 0 aliphatic carbocycles. The third-order valence-corrected chi connectivity index (χ3v) is 3.14. The molecule has 1 N–H and O–H groups in total. The molecule has 1 aromatic rings. The SMILES string of the molecule is CC(C)(C)Oc1ccc(C(=O)OCC(F)(F)S(=O)(=O)O)cc1. The van der Waals surface area contributed by atoms with Crippen molar-refractivity contribution in [3.63, 3.8) is 0 Å². The van der Waals surface area contributed by atoms with Crippen LogP contribution in [-0.4, -0.2) is 36.4 Å². The van der Waals surface area contributed by atoms with Crippen molar-refractivity contribution in [2.75, 3.05) is 6.61 Å². The Morgan fingerprint density at radius 3 is 2.09 bits per heavy atom. The molecule has 0 saturated carbocycles. The highest BCUT2D eigenvalue weighted by molar-refractivity contribution is 7.86. The van der Waals surface area contributed by atoms with E-state index in [9.17, 15) is 22.0 Å². The van der Waals surface area contributed by atoms with Crippen LogP contribution in [0.1, 0.15) is 31.1 Å². The fraction of sp³-hybridized carbons (Fsp3) is 0.462. The molecule has 0 radical (unpaired) electrons. The molecule has 0 bridgehead atoms. The van der Waals surface area contributed by atoms with Crippen LogP contribution in [0.15, 0.2) is 24.3 Å². The number of hydrogen-bond acceptors (Lipinski definition) is 5. The van der Waals surface area contributed by atoms with Gasteiger partial charge in [-0.2, -0.15) is 17.2 Å². The van der Waals surface area contributed by atoms with Crippen molar-refractivity contribution in [2.24, 2.45) is 0 Å². The second kappa shape index (κ2) is 6.17. The van der Waals surface area contributed by atoms with Crippen LogP contribution in [0.25, 0.3) is 0 Å². The molecule has 0 aromatic heterocycles. The summed E-state index contributed by atoms with van der Waals surface area (Å²) in [6.45, 7) is 3.71. The van der Waals surface area contributed by atoms with Crippen LogP contribution in [0.2, 0.25) is 0 Å². The van der Waals surface area contributed by atoms with E-state index in [2.05, 4.69) is 4.74 Å². The number of hydrogen-bond donors (Lipinski definition) is 1. The Hall–Kier alpha value is -1.74. The average molecular weight is 338 g/mol. The maximum Gasteiger partial charge on any atom is 0.402 e. The number of ether oxygens (including phenoxy) is 2. The van der Waals surface area contributed by atoms with E-state index in [0.29, 0.717) is 5.75 Å².